The van der Waals surface area contributed by atoms with Gasteiger partial charge in [-0.1, -0.05) is 42.6 Å². The van der Waals surface area contributed by atoms with E-state index in [4.69, 9.17) is 28.9 Å². The first-order valence-corrected chi connectivity index (χ1v) is 7.07. The lowest BCUT2D eigenvalue weighted by Crippen LogP contribution is -2.34. The average Bonchev–Trinajstić information content (AvgIpc) is 2.75. The van der Waals surface area contributed by atoms with Crippen LogP contribution in [0.4, 0.5) is 0 Å². The lowest BCUT2D eigenvalue weighted by molar-refractivity contribution is 0.0308. The van der Waals surface area contributed by atoms with Crippen LogP contribution in [-0.2, 0) is 0 Å². The molecule has 0 saturated heterocycles. The molecule has 1 fully saturated rings. The van der Waals surface area contributed by atoms with Crippen LogP contribution in [0.5, 0.6) is 0 Å². The van der Waals surface area contributed by atoms with Gasteiger partial charge < -0.3 is 10.8 Å². The van der Waals surface area contributed by atoms with Crippen molar-refractivity contribution in [2.45, 2.75) is 32.3 Å². The zero-order valence-electron chi connectivity index (χ0n) is 10.5. The van der Waals surface area contributed by atoms with E-state index < -0.39 is 6.10 Å². The lowest BCUT2D eigenvalue weighted by Gasteiger charge is -2.33. The second kappa shape index (κ2) is 5.38. The minimum Gasteiger partial charge on any atom is -0.388 e. The first kappa shape index (κ1) is 14.1. The van der Waals surface area contributed by atoms with Crippen molar-refractivity contribution in [2.75, 3.05) is 6.54 Å². The zero-order chi connectivity index (χ0) is 13.3. The Bertz CT molecular complexity index is 438. The standard InChI is InChI=1S/C14H19Cl2NO/c1-9-4-5-14(7-9,8-17)13(18)10-2-3-11(15)12(16)6-10/h2-3,6,9,13,18H,4-5,7-8,17H2,1H3. The molecular formula is C14H19Cl2NO. The summed E-state index contributed by atoms with van der Waals surface area (Å²) in [5.74, 6) is 0.617. The van der Waals surface area contributed by atoms with Crippen molar-refractivity contribution in [2.24, 2.45) is 17.1 Å². The summed E-state index contributed by atoms with van der Waals surface area (Å²) in [5.41, 5.74) is 6.52. The number of halogens is 2. The fourth-order valence-corrected chi connectivity index (χ4v) is 3.32. The molecule has 1 aromatic rings. The highest BCUT2D eigenvalue weighted by Crippen LogP contribution is 2.49. The molecule has 1 aromatic carbocycles. The van der Waals surface area contributed by atoms with Gasteiger partial charge in [0.2, 0.25) is 0 Å². The Kier molecular flexibility index (Phi) is 4.22. The topological polar surface area (TPSA) is 46.2 Å². The molecular weight excluding hydrogens is 269 g/mol. The minimum absolute atomic E-state index is 0.212. The summed E-state index contributed by atoms with van der Waals surface area (Å²) in [5, 5.41) is 11.6. The monoisotopic (exact) mass is 287 g/mol. The largest absolute Gasteiger partial charge is 0.388 e. The third kappa shape index (κ3) is 2.53. The van der Waals surface area contributed by atoms with E-state index in [9.17, 15) is 5.11 Å². The predicted molar refractivity (Wildman–Crippen MR) is 75.9 cm³/mol. The molecule has 0 bridgehead atoms. The van der Waals surface area contributed by atoms with E-state index in [2.05, 4.69) is 6.92 Å². The summed E-state index contributed by atoms with van der Waals surface area (Å²) < 4.78 is 0. The number of rotatable bonds is 3. The Morgan fingerprint density at radius 3 is 2.67 bits per heavy atom. The van der Waals surface area contributed by atoms with E-state index in [-0.39, 0.29) is 5.41 Å². The first-order chi connectivity index (χ1) is 8.48. The van der Waals surface area contributed by atoms with Crippen molar-refractivity contribution in [3.8, 4) is 0 Å². The summed E-state index contributed by atoms with van der Waals surface area (Å²) in [4.78, 5) is 0. The highest BCUT2D eigenvalue weighted by atomic mass is 35.5. The summed E-state index contributed by atoms with van der Waals surface area (Å²) >= 11 is 11.9. The molecule has 3 N–H and O–H groups in total. The van der Waals surface area contributed by atoms with Gasteiger partial charge in [0.25, 0.3) is 0 Å². The number of hydrogen-bond donors (Lipinski definition) is 2. The van der Waals surface area contributed by atoms with Crippen LogP contribution in [-0.4, -0.2) is 11.7 Å². The quantitative estimate of drug-likeness (QED) is 0.888. The number of nitrogens with two attached hydrogens (primary N) is 1. The number of aliphatic hydroxyl groups is 1. The van der Waals surface area contributed by atoms with Crippen LogP contribution in [0.25, 0.3) is 0 Å². The van der Waals surface area contributed by atoms with Crippen LogP contribution >= 0.6 is 23.2 Å². The molecule has 0 amide bonds. The van der Waals surface area contributed by atoms with E-state index in [0.29, 0.717) is 22.5 Å². The third-order valence-electron chi connectivity index (χ3n) is 4.14. The predicted octanol–water partition coefficient (Wildman–Crippen LogP) is 3.79. The van der Waals surface area contributed by atoms with Gasteiger partial charge in [-0.15, -0.1) is 0 Å². The maximum Gasteiger partial charge on any atom is 0.0858 e. The Balaban J connectivity index is 2.29. The highest BCUT2D eigenvalue weighted by Gasteiger charge is 2.42. The Morgan fingerprint density at radius 1 is 1.44 bits per heavy atom. The smallest absolute Gasteiger partial charge is 0.0858 e. The van der Waals surface area contributed by atoms with E-state index >= 15 is 0 Å². The van der Waals surface area contributed by atoms with Crippen molar-refractivity contribution in [1.82, 2.24) is 0 Å². The van der Waals surface area contributed by atoms with Crippen LogP contribution in [0.15, 0.2) is 18.2 Å². The molecule has 2 nitrogen and oxygen atoms in total. The fourth-order valence-electron chi connectivity index (χ4n) is 3.01. The molecule has 18 heavy (non-hydrogen) atoms. The van der Waals surface area contributed by atoms with Gasteiger partial charge in [0, 0.05) is 12.0 Å². The van der Waals surface area contributed by atoms with Crippen LogP contribution in [0.3, 0.4) is 0 Å². The molecule has 2 rings (SSSR count). The molecule has 0 radical (unpaired) electrons. The fraction of sp³-hybridized carbons (Fsp3) is 0.571. The lowest BCUT2D eigenvalue weighted by atomic mass is 9.77. The summed E-state index contributed by atoms with van der Waals surface area (Å²) in [6, 6.07) is 5.30. The van der Waals surface area contributed by atoms with Gasteiger partial charge in [-0.25, -0.2) is 0 Å². The third-order valence-corrected chi connectivity index (χ3v) is 4.88. The normalized spacial score (nSPS) is 29.5. The molecule has 3 unspecified atom stereocenters. The number of benzene rings is 1. The van der Waals surface area contributed by atoms with Gasteiger partial charge >= 0.3 is 0 Å². The SMILES string of the molecule is CC1CCC(CN)(C(O)c2ccc(Cl)c(Cl)c2)C1. The van der Waals surface area contributed by atoms with E-state index in [0.717, 1.165) is 24.8 Å². The van der Waals surface area contributed by atoms with Crippen LogP contribution < -0.4 is 5.73 Å². The van der Waals surface area contributed by atoms with E-state index in [1.165, 1.54) is 0 Å². The molecule has 0 spiro atoms. The van der Waals surface area contributed by atoms with Crippen molar-refractivity contribution >= 4 is 23.2 Å². The molecule has 1 saturated carbocycles. The molecule has 3 atom stereocenters. The molecule has 0 aliphatic heterocycles. The first-order valence-electron chi connectivity index (χ1n) is 6.31. The maximum absolute atomic E-state index is 10.6. The van der Waals surface area contributed by atoms with Gasteiger partial charge in [-0.2, -0.15) is 0 Å². The van der Waals surface area contributed by atoms with Crippen molar-refractivity contribution < 1.29 is 5.11 Å². The van der Waals surface area contributed by atoms with Crippen LogP contribution in [0.2, 0.25) is 10.0 Å². The van der Waals surface area contributed by atoms with Crippen LogP contribution in [0.1, 0.15) is 37.9 Å². The minimum atomic E-state index is -0.567. The van der Waals surface area contributed by atoms with E-state index in [1.807, 2.05) is 6.07 Å². The summed E-state index contributed by atoms with van der Waals surface area (Å²) in [7, 11) is 0. The molecule has 1 aliphatic carbocycles. The van der Waals surface area contributed by atoms with Gasteiger partial charge in [0.1, 0.15) is 0 Å². The second-order valence-corrected chi connectivity index (χ2v) is 6.30. The Morgan fingerprint density at radius 2 is 2.17 bits per heavy atom. The van der Waals surface area contributed by atoms with Crippen molar-refractivity contribution in [3.05, 3.63) is 33.8 Å². The van der Waals surface area contributed by atoms with E-state index in [1.54, 1.807) is 12.1 Å². The Labute approximate surface area is 118 Å². The van der Waals surface area contributed by atoms with Gasteiger partial charge in [0.05, 0.1) is 16.1 Å². The number of aliphatic hydroxyl groups excluding tert-OH is 1. The molecule has 100 valence electrons. The van der Waals surface area contributed by atoms with Crippen molar-refractivity contribution in [1.29, 1.82) is 0 Å². The average molecular weight is 288 g/mol. The van der Waals surface area contributed by atoms with Gasteiger partial charge in [-0.3, -0.25) is 0 Å². The molecule has 0 heterocycles. The Hall–Kier alpha value is -0.280. The molecule has 0 aromatic heterocycles. The van der Waals surface area contributed by atoms with Crippen LogP contribution in [0, 0.1) is 11.3 Å². The maximum atomic E-state index is 10.6. The van der Waals surface area contributed by atoms with Crippen molar-refractivity contribution in [3.63, 3.8) is 0 Å². The highest BCUT2D eigenvalue weighted by molar-refractivity contribution is 6.42. The summed E-state index contributed by atoms with van der Waals surface area (Å²) in [6.45, 7) is 2.71. The molecule has 4 heteroatoms. The number of hydrogen-bond acceptors (Lipinski definition) is 2. The summed E-state index contributed by atoms with van der Waals surface area (Å²) in [6.07, 6.45) is 2.48. The second-order valence-electron chi connectivity index (χ2n) is 5.49. The van der Waals surface area contributed by atoms with Gasteiger partial charge in [0.15, 0.2) is 0 Å². The van der Waals surface area contributed by atoms with Gasteiger partial charge in [-0.05, 0) is 36.5 Å². The zero-order valence-corrected chi connectivity index (χ0v) is 12.0. The molecule has 1 aliphatic rings.